The molecule has 0 aliphatic carbocycles. The molecule has 0 bridgehead atoms. The Hall–Kier alpha value is -0.770. The van der Waals surface area contributed by atoms with Crippen molar-refractivity contribution in [3.8, 4) is 0 Å². The second kappa shape index (κ2) is 3.42. The third-order valence-corrected chi connectivity index (χ3v) is 0.343. The monoisotopic (exact) mass is 118 g/mol. The Bertz CT molecular complexity index is 81.6. The Morgan fingerprint density at radius 3 is 1.43 bits per heavy atom. The molecular formula is C2H3ClN4. The molecule has 38 valence electrons. The molecule has 0 fully saturated rings. The van der Waals surface area contributed by atoms with Crippen molar-refractivity contribution >= 4 is 12.4 Å². The molecule has 0 aromatic carbocycles. The van der Waals surface area contributed by atoms with E-state index in [0.29, 0.717) is 0 Å². The van der Waals surface area contributed by atoms with Gasteiger partial charge >= 0.3 is 0 Å². The molecule has 0 N–H and O–H groups in total. The normalized spacial score (nSPS) is 6.86. The summed E-state index contributed by atoms with van der Waals surface area (Å²) in [6, 6.07) is 0. The predicted octanol–water partition coefficient (Wildman–Crippen LogP) is -0.312. The van der Waals surface area contributed by atoms with Crippen LogP contribution >= 0.6 is 12.4 Å². The van der Waals surface area contributed by atoms with Crippen LogP contribution in [0.4, 0.5) is 0 Å². The number of halogens is 1. The highest BCUT2D eigenvalue weighted by Gasteiger charge is 1.61. The third kappa shape index (κ3) is 1.99. The zero-order valence-electron chi connectivity index (χ0n) is 3.35. The van der Waals surface area contributed by atoms with Crippen LogP contribution in [0.25, 0.3) is 0 Å². The summed E-state index contributed by atoms with van der Waals surface area (Å²) in [5, 5.41) is 13.1. The molecule has 0 aliphatic heterocycles. The fraction of sp³-hybridized carbons (Fsp3) is 0. The van der Waals surface area contributed by atoms with Gasteiger partial charge in [0.05, 0.1) is 12.4 Å². The van der Waals surface area contributed by atoms with Gasteiger partial charge in [0, 0.05) is 0 Å². The van der Waals surface area contributed by atoms with Gasteiger partial charge in [-0.1, -0.05) is 0 Å². The highest BCUT2D eigenvalue weighted by molar-refractivity contribution is 5.85. The fourth-order valence-electron chi connectivity index (χ4n) is 0.165. The molecule has 0 amide bonds. The van der Waals surface area contributed by atoms with Crippen molar-refractivity contribution in [1.82, 2.24) is 20.6 Å². The van der Waals surface area contributed by atoms with E-state index in [-0.39, 0.29) is 12.4 Å². The van der Waals surface area contributed by atoms with Gasteiger partial charge in [-0.3, -0.25) is 0 Å². The van der Waals surface area contributed by atoms with Crippen molar-refractivity contribution in [3.63, 3.8) is 0 Å². The summed E-state index contributed by atoms with van der Waals surface area (Å²) in [6.45, 7) is 0. The molecule has 1 aromatic rings. The molecule has 0 atom stereocenters. The van der Waals surface area contributed by atoms with Crippen LogP contribution in [0, 0.1) is 0 Å². The van der Waals surface area contributed by atoms with E-state index in [1.165, 1.54) is 12.4 Å². The van der Waals surface area contributed by atoms with Gasteiger partial charge in [0.1, 0.15) is 0 Å². The minimum absolute atomic E-state index is 0. The van der Waals surface area contributed by atoms with E-state index in [0.717, 1.165) is 0 Å². The summed E-state index contributed by atoms with van der Waals surface area (Å²) >= 11 is 0. The molecule has 0 radical (unpaired) electrons. The first-order valence-corrected chi connectivity index (χ1v) is 1.45. The average molecular weight is 119 g/mol. The summed E-state index contributed by atoms with van der Waals surface area (Å²) in [5.41, 5.74) is 0. The average Bonchev–Trinajstić information content (AvgIpc) is 1.72. The zero-order valence-corrected chi connectivity index (χ0v) is 4.17. The van der Waals surface area contributed by atoms with Gasteiger partial charge < -0.3 is 0 Å². The highest BCUT2D eigenvalue weighted by Crippen LogP contribution is 1.53. The molecule has 0 spiro atoms. The van der Waals surface area contributed by atoms with Gasteiger partial charge in [-0.05, 0) is 10.4 Å². The molecule has 7 heavy (non-hydrogen) atoms. The second-order valence-corrected chi connectivity index (χ2v) is 0.708. The number of nitrogens with zero attached hydrogens (tertiary/aromatic N) is 4. The maximum atomic E-state index is 3.36. The SMILES string of the molecule is Cl.c1cnnnn1. The first-order valence-electron chi connectivity index (χ1n) is 1.45. The second-order valence-electron chi connectivity index (χ2n) is 0.708. The number of rotatable bonds is 0. The summed E-state index contributed by atoms with van der Waals surface area (Å²) in [4.78, 5) is 0. The van der Waals surface area contributed by atoms with Gasteiger partial charge in [-0.25, -0.2) is 0 Å². The first-order chi connectivity index (χ1) is 3.00. The van der Waals surface area contributed by atoms with Crippen molar-refractivity contribution in [2.75, 3.05) is 0 Å². The minimum Gasteiger partial charge on any atom is -0.147 e. The standard InChI is InChI=1S/C2H2N4.ClH/c1-2-4-6-5-3-1;/h1-2H;1H. The Balaban J connectivity index is 0.000000360. The van der Waals surface area contributed by atoms with Crippen LogP contribution < -0.4 is 0 Å². The highest BCUT2D eigenvalue weighted by atomic mass is 35.5. The summed E-state index contributed by atoms with van der Waals surface area (Å²) < 4.78 is 0. The zero-order chi connectivity index (χ0) is 4.24. The molecule has 0 saturated carbocycles. The molecular weight excluding hydrogens is 116 g/mol. The number of hydrogen-bond donors (Lipinski definition) is 0. The molecule has 0 saturated heterocycles. The molecule has 0 unspecified atom stereocenters. The van der Waals surface area contributed by atoms with Crippen LogP contribution in [0.1, 0.15) is 0 Å². The molecule has 4 nitrogen and oxygen atoms in total. The Labute approximate surface area is 46.4 Å². The smallest absolute Gasteiger partial charge is 0.0716 e. The number of aromatic nitrogens is 4. The maximum Gasteiger partial charge on any atom is 0.0716 e. The topological polar surface area (TPSA) is 51.6 Å². The van der Waals surface area contributed by atoms with Gasteiger partial charge in [-0.15, -0.1) is 22.6 Å². The Morgan fingerprint density at radius 2 is 1.29 bits per heavy atom. The van der Waals surface area contributed by atoms with Crippen LogP contribution in [0.15, 0.2) is 12.4 Å². The van der Waals surface area contributed by atoms with Crippen LogP contribution in [0.5, 0.6) is 0 Å². The lowest BCUT2D eigenvalue weighted by Gasteiger charge is -1.67. The van der Waals surface area contributed by atoms with E-state index in [4.69, 9.17) is 0 Å². The van der Waals surface area contributed by atoms with E-state index >= 15 is 0 Å². The lowest BCUT2D eigenvalue weighted by Crippen LogP contribution is -1.84. The van der Waals surface area contributed by atoms with Gasteiger partial charge in [0.2, 0.25) is 0 Å². The predicted molar refractivity (Wildman–Crippen MR) is 24.9 cm³/mol. The Morgan fingerprint density at radius 1 is 0.857 bits per heavy atom. The molecule has 1 rings (SSSR count). The summed E-state index contributed by atoms with van der Waals surface area (Å²) in [7, 11) is 0. The quantitative estimate of drug-likeness (QED) is 0.469. The largest absolute Gasteiger partial charge is 0.147 e. The van der Waals surface area contributed by atoms with Crippen molar-refractivity contribution < 1.29 is 0 Å². The van der Waals surface area contributed by atoms with Crippen molar-refractivity contribution in [2.45, 2.75) is 0 Å². The van der Waals surface area contributed by atoms with Gasteiger partial charge in [0.25, 0.3) is 0 Å². The molecule has 5 heteroatoms. The lowest BCUT2D eigenvalue weighted by molar-refractivity contribution is 0.761. The maximum absolute atomic E-state index is 3.36. The van der Waals surface area contributed by atoms with Gasteiger partial charge in [-0.2, -0.15) is 0 Å². The summed E-state index contributed by atoms with van der Waals surface area (Å²) in [5.74, 6) is 0. The lowest BCUT2D eigenvalue weighted by atomic mass is 11.0. The van der Waals surface area contributed by atoms with Crippen molar-refractivity contribution in [2.24, 2.45) is 0 Å². The van der Waals surface area contributed by atoms with Crippen LogP contribution in [-0.4, -0.2) is 20.6 Å². The first kappa shape index (κ1) is 6.23. The van der Waals surface area contributed by atoms with Crippen LogP contribution in [0.2, 0.25) is 0 Å². The van der Waals surface area contributed by atoms with E-state index in [2.05, 4.69) is 20.6 Å². The molecule has 1 heterocycles. The van der Waals surface area contributed by atoms with E-state index < -0.39 is 0 Å². The Kier molecular flexibility index (Phi) is 3.04. The minimum atomic E-state index is 0. The summed E-state index contributed by atoms with van der Waals surface area (Å²) in [6.07, 6.45) is 2.93. The van der Waals surface area contributed by atoms with E-state index in [9.17, 15) is 0 Å². The number of hydrogen-bond acceptors (Lipinski definition) is 4. The van der Waals surface area contributed by atoms with E-state index in [1.807, 2.05) is 0 Å². The third-order valence-electron chi connectivity index (χ3n) is 0.343. The van der Waals surface area contributed by atoms with Crippen LogP contribution in [-0.2, 0) is 0 Å². The molecule has 0 aliphatic rings. The van der Waals surface area contributed by atoms with Crippen LogP contribution in [0.3, 0.4) is 0 Å². The van der Waals surface area contributed by atoms with E-state index in [1.54, 1.807) is 0 Å². The van der Waals surface area contributed by atoms with Crippen molar-refractivity contribution in [3.05, 3.63) is 12.4 Å². The van der Waals surface area contributed by atoms with Crippen molar-refractivity contribution in [1.29, 1.82) is 0 Å². The molecule has 1 aromatic heterocycles. The fourth-order valence-corrected chi connectivity index (χ4v) is 0.165. The van der Waals surface area contributed by atoms with Gasteiger partial charge in [0.15, 0.2) is 0 Å².